The molecule has 0 aromatic heterocycles. The highest BCUT2D eigenvalue weighted by Crippen LogP contribution is 2.33. The summed E-state index contributed by atoms with van der Waals surface area (Å²) in [6.45, 7) is 7.86. The Bertz CT molecular complexity index is 801. The van der Waals surface area contributed by atoms with Gasteiger partial charge in [-0.25, -0.2) is 0 Å². The lowest BCUT2D eigenvalue weighted by Gasteiger charge is -2.21. The number of Topliss-reactive ketones (excluding diaryl/α,β-unsaturated/α-hetero) is 1. The number of amidine groups is 1. The summed E-state index contributed by atoms with van der Waals surface area (Å²) in [5, 5.41) is 10.7. The molecule has 4 N–H and O–H groups in total. The van der Waals surface area contributed by atoms with Gasteiger partial charge in [0.05, 0.1) is 12.7 Å². The minimum atomic E-state index is -0.527. The molecule has 0 saturated heterocycles. The average Bonchev–Trinajstić information content (AvgIpc) is 2.61. The van der Waals surface area contributed by atoms with Gasteiger partial charge in [-0.2, -0.15) is 0 Å². The largest absolute Gasteiger partial charge is 0.490 e. The van der Waals surface area contributed by atoms with Crippen LogP contribution in [0.5, 0.6) is 11.5 Å². The van der Waals surface area contributed by atoms with E-state index in [1.165, 1.54) is 0 Å². The number of hydrogen-bond acceptors (Lipinski definition) is 5. The van der Waals surface area contributed by atoms with Gasteiger partial charge in [0.15, 0.2) is 17.3 Å². The second-order valence-corrected chi connectivity index (χ2v) is 6.48. The fraction of sp³-hybridized carbons (Fsp3) is 0.333. The molecule has 1 unspecified atom stereocenters. The number of carbonyl (C=O) groups is 1. The second kappa shape index (κ2) is 9.07. The Labute approximate surface area is 160 Å². The van der Waals surface area contributed by atoms with Crippen molar-refractivity contribution in [2.45, 2.75) is 39.8 Å². The minimum Gasteiger partial charge on any atom is -0.490 e. The lowest BCUT2D eigenvalue weighted by atomic mass is 10.0. The maximum absolute atomic E-state index is 12.3. The summed E-state index contributed by atoms with van der Waals surface area (Å²) >= 11 is 0. The molecule has 2 rings (SSSR count). The number of ketones is 1. The van der Waals surface area contributed by atoms with Crippen LogP contribution in [0.15, 0.2) is 42.5 Å². The number of hydrogen-bond donors (Lipinski definition) is 3. The van der Waals surface area contributed by atoms with Gasteiger partial charge in [0.1, 0.15) is 11.9 Å². The van der Waals surface area contributed by atoms with Gasteiger partial charge < -0.3 is 20.5 Å². The van der Waals surface area contributed by atoms with E-state index < -0.39 is 6.04 Å². The standard InChI is InChI=1S/C21H27N3O3/c1-5-26-19-12-16(8-11-18(19)27-13(2)3)20(14(4)25)24-17-9-6-15(7-10-17)21(22)23/h6-13,20,24H,5H2,1-4H3,(H3,22,23). The SMILES string of the molecule is CCOc1cc(C(Nc2ccc(C(=N)N)cc2)C(C)=O)ccc1OC(C)C. The first-order valence-corrected chi connectivity index (χ1v) is 8.96. The molecule has 0 heterocycles. The van der Waals surface area contributed by atoms with Crippen molar-refractivity contribution in [1.82, 2.24) is 0 Å². The molecule has 6 nitrogen and oxygen atoms in total. The zero-order valence-electron chi connectivity index (χ0n) is 16.2. The first-order valence-electron chi connectivity index (χ1n) is 8.96. The molecule has 0 radical (unpaired) electrons. The number of nitrogen functional groups attached to an aromatic ring is 1. The van der Waals surface area contributed by atoms with E-state index >= 15 is 0 Å². The predicted octanol–water partition coefficient (Wildman–Crippen LogP) is 3.90. The maximum atomic E-state index is 12.3. The van der Waals surface area contributed by atoms with Crippen LogP contribution in [0, 0.1) is 5.41 Å². The van der Waals surface area contributed by atoms with E-state index in [4.69, 9.17) is 20.6 Å². The lowest BCUT2D eigenvalue weighted by Crippen LogP contribution is -2.19. The molecule has 27 heavy (non-hydrogen) atoms. The Morgan fingerprint density at radius 2 is 1.81 bits per heavy atom. The molecular formula is C21H27N3O3. The van der Waals surface area contributed by atoms with E-state index in [1.54, 1.807) is 31.2 Å². The van der Waals surface area contributed by atoms with Crippen molar-refractivity contribution in [3.63, 3.8) is 0 Å². The summed E-state index contributed by atoms with van der Waals surface area (Å²) in [6, 6.07) is 12.1. The van der Waals surface area contributed by atoms with Crippen molar-refractivity contribution in [3.8, 4) is 11.5 Å². The summed E-state index contributed by atoms with van der Waals surface area (Å²) < 4.78 is 11.5. The van der Waals surface area contributed by atoms with Gasteiger partial charge in [0.25, 0.3) is 0 Å². The fourth-order valence-corrected chi connectivity index (χ4v) is 2.66. The van der Waals surface area contributed by atoms with Crippen molar-refractivity contribution in [3.05, 3.63) is 53.6 Å². The molecule has 2 aromatic rings. The summed E-state index contributed by atoms with van der Waals surface area (Å²) in [6.07, 6.45) is 0.0246. The zero-order valence-corrected chi connectivity index (χ0v) is 16.2. The Morgan fingerprint density at radius 3 is 2.33 bits per heavy atom. The second-order valence-electron chi connectivity index (χ2n) is 6.48. The molecule has 0 saturated carbocycles. The van der Waals surface area contributed by atoms with E-state index in [0.29, 0.717) is 23.7 Å². The number of benzene rings is 2. The quantitative estimate of drug-likeness (QED) is 0.460. The number of ether oxygens (including phenoxy) is 2. The Morgan fingerprint density at radius 1 is 1.15 bits per heavy atom. The maximum Gasteiger partial charge on any atom is 0.161 e. The van der Waals surface area contributed by atoms with Gasteiger partial charge in [0.2, 0.25) is 0 Å². The summed E-state index contributed by atoms with van der Waals surface area (Å²) in [5.41, 5.74) is 7.67. The highest BCUT2D eigenvalue weighted by atomic mass is 16.5. The molecule has 144 valence electrons. The molecule has 0 bridgehead atoms. The summed E-state index contributed by atoms with van der Waals surface area (Å²) in [7, 11) is 0. The number of nitrogens with two attached hydrogens (primary N) is 1. The normalized spacial score (nSPS) is 11.7. The average molecular weight is 369 g/mol. The number of carbonyl (C=O) groups excluding carboxylic acids is 1. The molecule has 0 aliphatic rings. The Kier molecular flexibility index (Phi) is 6.82. The van der Waals surface area contributed by atoms with Gasteiger partial charge in [-0.1, -0.05) is 6.07 Å². The third-order valence-electron chi connectivity index (χ3n) is 3.88. The van der Waals surface area contributed by atoms with Crippen molar-refractivity contribution in [1.29, 1.82) is 5.41 Å². The van der Waals surface area contributed by atoms with Crippen LogP contribution < -0.4 is 20.5 Å². The fourth-order valence-electron chi connectivity index (χ4n) is 2.66. The van der Waals surface area contributed by atoms with Crippen LogP contribution in [0.25, 0.3) is 0 Å². The first kappa shape index (κ1) is 20.3. The molecule has 0 spiro atoms. The van der Waals surface area contributed by atoms with Crippen molar-refractivity contribution < 1.29 is 14.3 Å². The van der Waals surface area contributed by atoms with Gasteiger partial charge >= 0.3 is 0 Å². The van der Waals surface area contributed by atoms with Crippen LogP contribution >= 0.6 is 0 Å². The lowest BCUT2D eigenvalue weighted by molar-refractivity contribution is -0.117. The number of anilines is 1. The van der Waals surface area contributed by atoms with Crippen LogP contribution in [0.3, 0.4) is 0 Å². The number of rotatable bonds is 9. The first-order chi connectivity index (χ1) is 12.8. The highest BCUT2D eigenvalue weighted by Gasteiger charge is 2.19. The van der Waals surface area contributed by atoms with Crippen molar-refractivity contribution in [2.75, 3.05) is 11.9 Å². The monoisotopic (exact) mass is 369 g/mol. The van der Waals surface area contributed by atoms with Crippen LogP contribution in [0.2, 0.25) is 0 Å². The molecule has 6 heteroatoms. The summed E-state index contributed by atoms with van der Waals surface area (Å²) in [4.78, 5) is 12.3. The van der Waals surface area contributed by atoms with Gasteiger partial charge in [-0.15, -0.1) is 0 Å². The molecule has 0 aliphatic carbocycles. The van der Waals surface area contributed by atoms with E-state index in [2.05, 4.69) is 5.32 Å². The van der Waals surface area contributed by atoms with Crippen LogP contribution in [0.4, 0.5) is 5.69 Å². The van der Waals surface area contributed by atoms with Gasteiger partial charge in [-0.3, -0.25) is 10.2 Å². The molecule has 0 aliphatic heterocycles. The van der Waals surface area contributed by atoms with E-state index in [1.807, 2.05) is 39.0 Å². The number of nitrogens with one attached hydrogen (secondary N) is 2. The highest BCUT2D eigenvalue weighted by molar-refractivity contribution is 5.95. The minimum absolute atomic E-state index is 0.00626. The van der Waals surface area contributed by atoms with Crippen LogP contribution in [0.1, 0.15) is 44.9 Å². The van der Waals surface area contributed by atoms with Crippen molar-refractivity contribution >= 4 is 17.3 Å². The third kappa shape index (κ3) is 5.48. The van der Waals surface area contributed by atoms with Crippen LogP contribution in [-0.4, -0.2) is 24.3 Å². The van der Waals surface area contributed by atoms with Crippen molar-refractivity contribution in [2.24, 2.45) is 5.73 Å². The third-order valence-corrected chi connectivity index (χ3v) is 3.88. The Balaban J connectivity index is 2.31. The molecule has 0 fully saturated rings. The summed E-state index contributed by atoms with van der Waals surface area (Å²) in [5.74, 6) is 1.25. The Hall–Kier alpha value is -3.02. The molecule has 1 atom stereocenters. The predicted molar refractivity (Wildman–Crippen MR) is 108 cm³/mol. The smallest absolute Gasteiger partial charge is 0.161 e. The molecular weight excluding hydrogens is 342 g/mol. The van der Waals surface area contributed by atoms with Gasteiger partial charge in [0, 0.05) is 11.3 Å². The zero-order chi connectivity index (χ0) is 20.0. The molecule has 0 amide bonds. The van der Waals surface area contributed by atoms with Crippen LogP contribution in [-0.2, 0) is 4.79 Å². The van der Waals surface area contributed by atoms with E-state index in [0.717, 1.165) is 11.3 Å². The van der Waals surface area contributed by atoms with E-state index in [9.17, 15) is 4.79 Å². The van der Waals surface area contributed by atoms with Gasteiger partial charge in [-0.05, 0) is 69.7 Å². The topological polar surface area (TPSA) is 97.4 Å². The molecule has 2 aromatic carbocycles. The van der Waals surface area contributed by atoms with E-state index in [-0.39, 0.29) is 17.7 Å².